The number of hydrogen-bond donors (Lipinski definition) is 1. The van der Waals surface area contributed by atoms with Gasteiger partial charge in [0.1, 0.15) is 11.4 Å². The van der Waals surface area contributed by atoms with Crippen LogP contribution < -0.4 is 9.92 Å². The standard InChI is InChI=1S/C8H11NO4S/c1-5-3-4-7(6(2)8(5)9)13-14(10,11)12/h3-4H,9H2,1-2H3,(H,10,11,12). The smallest absolute Gasteiger partial charge is 0.262 e. The molecule has 0 aromatic heterocycles. The molecule has 3 N–H and O–H groups in total. The second-order valence-electron chi connectivity index (χ2n) is 2.98. The van der Waals surface area contributed by atoms with Crippen molar-refractivity contribution in [2.45, 2.75) is 13.8 Å². The van der Waals surface area contributed by atoms with Crippen LogP contribution >= 0.6 is 0 Å². The quantitative estimate of drug-likeness (QED) is 0.558. The van der Waals surface area contributed by atoms with Crippen molar-refractivity contribution in [3.63, 3.8) is 0 Å². The summed E-state index contributed by atoms with van der Waals surface area (Å²) >= 11 is 0. The third-order valence-corrected chi connectivity index (χ3v) is 2.36. The SMILES string of the molecule is Cc1ccc(OS(=O)(=O)[O-])c(C)c1[NH3+]. The highest BCUT2D eigenvalue weighted by atomic mass is 32.3. The van der Waals surface area contributed by atoms with Crippen molar-refractivity contribution in [1.82, 2.24) is 0 Å². The Morgan fingerprint density at radius 3 is 2.43 bits per heavy atom. The molecule has 1 aromatic carbocycles. The van der Waals surface area contributed by atoms with Crippen molar-refractivity contribution in [1.29, 1.82) is 0 Å². The highest BCUT2D eigenvalue weighted by molar-refractivity contribution is 7.81. The van der Waals surface area contributed by atoms with Gasteiger partial charge in [0.25, 0.3) is 10.4 Å². The van der Waals surface area contributed by atoms with Gasteiger partial charge in [-0.05, 0) is 26.0 Å². The number of aryl methyl sites for hydroxylation is 1. The van der Waals surface area contributed by atoms with E-state index in [1.807, 2.05) is 6.92 Å². The maximum atomic E-state index is 10.4. The molecule has 6 heteroatoms. The van der Waals surface area contributed by atoms with E-state index < -0.39 is 10.4 Å². The van der Waals surface area contributed by atoms with Gasteiger partial charge in [-0.2, -0.15) is 0 Å². The highest BCUT2D eigenvalue weighted by Gasteiger charge is 2.10. The van der Waals surface area contributed by atoms with Gasteiger partial charge in [0.15, 0.2) is 0 Å². The highest BCUT2D eigenvalue weighted by Crippen LogP contribution is 2.25. The van der Waals surface area contributed by atoms with Crippen molar-refractivity contribution in [3.8, 4) is 5.75 Å². The van der Waals surface area contributed by atoms with Crippen LogP contribution in [0.25, 0.3) is 0 Å². The topological polar surface area (TPSA) is 94.1 Å². The summed E-state index contributed by atoms with van der Waals surface area (Å²) in [5, 5.41) is 0. The van der Waals surface area contributed by atoms with Gasteiger partial charge in [-0.25, -0.2) is 8.42 Å². The zero-order valence-corrected chi connectivity index (χ0v) is 8.72. The van der Waals surface area contributed by atoms with E-state index in [-0.39, 0.29) is 5.75 Å². The van der Waals surface area contributed by atoms with E-state index in [4.69, 9.17) is 0 Å². The van der Waals surface area contributed by atoms with Gasteiger partial charge in [-0.1, -0.05) is 0 Å². The molecule has 1 rings (SSSR count). The molecular weight excluding hydrogens is 206 g/mol. The van der Waals surface area contributed by atoms with Crippen molar-refractivity contribution in [2.24, 2.45) is 0 Å². The molecule has 0 saturated carbocycles. The molecular formula is C8H11NO4S. The first-order chi connectivity index (χ1) is 6.31. The van der Waals surface area contributed by atoms with Gasteiger partial charge in [-0.15, -0.1) is 0 Å². The van der Waals surface area contributed by atoms with Crippen molar-refractivity contribution in [3.05, 3.63) is 23.3 Å². The second-order valence-corrected chi connectivity index (χ2v) is 3.96. The van der Waals surface area contributed by atoms with E-state index >= 15 is 0 Å². The zero-order chi connectivity index (χ0) is 10.9. The Bertz CT molecular complexity index is 453. The fraction of sp³-hybridized carbons (Fsp3) is 0.250. The molecule has 0 atom stereocenters. The average molecular weight is 217 g/mol. The molecule has 5 nitrogen and oxygen atoms in total. The lowest BCUT2D eigenvalue weighted by molar-refractivity contribution is -0.256. The normalized spacial score (nSPS) is 11.4. The molecule has 0 unspecified atom stereocenters. The Kier molecular flexibility index (Phi) is 2.79. The molecule has 1 aromatic rings. The maximum Gasteiger partial charge on any atom is 0.262 e. The van der Waals surface area contributed by atoms with Crippen LogP contribution in [-0.2, 0) is 10.4 Å². The van der Waals surface area contributed by atoms with Crippen molar-refractivity contribution in [2.75, 3.05) is 0 Å². The average Bonchev–Trinajstić information content (AvgIpc) is 2.04. The molecule has 14 heavy (non-hydrogen) atoms. The largest absolute Gasteiger partial charge is 0.716 e. The Morgan fingerprint density at radius 2 is 1.93 bits per heavy atom. The van der Waals surface area contributed by atoms with Crippen molar-refractivity contribution < 1.29 is 22.9 Å². The van der Waals surface area contributed by atoms with Crippen LogP contribution in [0.15, 0.2) is 12.1 Å². The first-order valence-electron chi connectivity index (χ1n) is 3.89. The molecule has 0 amide bonds. The summed E-state index contributed by atoms with van der Waals surface area (Å²) in [6, 6.07) is 3.09. The summed E-state index contributed by atoms with van der Waals surface area (Å²) in [5.74, 6) is 0.0376. The summed E-state index contributed by atoms with van der Waals surface area (Å²) in [5.41, 5.74) is 5.88. The van der Waals surface area contributed by atoms with Gasteiger partial charge in [0, 0.05) is 5.56 Å². The minimum absolute atomic E-state index is 0.0376. The molecule has 0 saturated heterocycles. The fourth-order valence-electron chi connectivity index (χ4n) is 1.07. The molecule has 0 fully saturated rings. The lowest BCUT2D eigenvalue weighted by atomic mass is 10.1. The number of rotatable bonds is 2. The lowest BCUT2D eigenvalue weighted by Gasteiger charge is -2.12. The molecule has 0 aliphatic rings. The summed E-state index contributed by atoms with van der Waals surface area (Å²) in [7, 11) is -4.71. The molecule has 0 aliphatic heterocycles. The monoisotopic (exact) mass is 217 g/mol. The van der Waals surface area contributed by atoms with E-state index in [0.29, 0.717) is 11.3 Å². The predicted molar refractivity (Wildman–Crippen MR) is 48.8 cm³/mol. The van der Waals surface area contributed by atoms with Crippen LogP contribution in [0.5, 0.6) is 5.75 Å². The number of quaternary nitrogens is 1. The van der Waals surface area contributed by atoms with Gasteiger partial charge in [-0.3, -0.25) is 0 Å². The minimum atomic E-state index is -4.71. The van der Waals surface area contributed by atoms with Gasteiger partial charge in [0.2, 0.25) is 0 Å². The number of benzene rings is 1. The van der Waals surface area contributed by atoms with Gasteiger partial charge >= 0.3 is 0 Å². The summed E-state index contributed by atoms with van der Waals surface area (Å²) in [4.78, 5) is 0. The van der Waals surface area contributed by atoms with Crippen LogP contribution in [0.1, 0.15) is 11.1 Å². The van der Waals surface area contributed by atoms with Gasteiger partial charge in [0.05, 0.1) is 5.56 Å². The first-order valence-corrected chi connectivity index (χ1v) is 5.22. The Hall–Kier alpha value is -1.11. The Balaban J connectivity index is 3.19. The van der Waals surface area contributed by atoms with E-state index in [9.17, 15) is 13.0 Å². The Labute approximate surface area is 82.5 Å². The van der Waals surface area contributed by atoms with Crippen LogP contribution in [0.2, 0.25) is 0 Å². The third kappa shape index (κ3) is 2.44. The van der Waals surface area contributed by atoms with Crippen LogP contribution in [-0.4, -0.2) is 13.0 Å². The van der Waals surface area contributed by atoms with Crippen LogP contribution in [0, 0.1) is 13.8 Å². The van der Waals surface area contributed by atoms with E-state index in [2.05, 4.69) is 9.92 Å². The summed E-state index contributed by atoms with van der Waals surface area (Å²) in [6.45, 7) is 3.49. The fourth-order valence-corrected chi connectivity index (χ4v) is 1.47. The molecule has 0 heterocycles. The van der Waals surface area contributed by atoms with E-state index in [0.717, 1.165) is 5.56 Å². The summed E-state index contributed by atoms with van der Waals surface area (Å²) < 4.78 is 35.3. The van der Waals surface area contributed by atoms with Gasteiger partial charge < -0.3 is 14.5 Å². The molecule has 0 bridgehead atoms. The predicted octanol–water partition coefficient (Wildman–Crippen LogP) is 0.0158. The Morgan fingerprint density at radius 1 is 1.36 bits per heavy atom. The molecule has 78 valence electrons. The first kappa shape index (κ1) is 11.0. The van der Waals surface area contributed by atoms with Crippen LogP contribution in [0.4, 0.5) is 5.69 Å². The van der Waals surface area contributed by atoms with Crippen molar-refractivity contribution >= 4 is 16.1 Å². The molecule has 0 radical (unpaired) electrons. The summed E-state index contributed by atoms with van der Waals surface area (Å²) in [6.07, 6.45) is 0. The number of hydrogen-bond acceptors (Lipinski definition) is 4. The molecule has 0 spiro atoms. The minimum Gasteiger partial charge on any atom is -0.716 e. The van der Waals surface area contributed by atoms with E-state index in [1.165, 1.54) is 6.07 Å². The maximum absolute atomic E-state index is 10.4. The molecule has 0 aliphatic carbocycles. The third-order valence-electron chi connectivity index (χ3n) is 1.97. The zero-order valence-electron chi connectivity index (χ0n) is 7.90. The van der Waals surface area contributed by atoms with E-state index in [1.54, 1.807) is 13.0 Å². The lowest BCUT2D eigenvalue weighted by Crippen LogP contribution is -2.42. The second kappa shape index (κ2) is 3.56. The van der Waals surface area contributed by atoms with Crippen LogP contribution in [0.3, 0.4) is 0 Å².